The third kappa shape index (κ3) is 2.49. The molecule has 5 heteroatoms. The standard InChI is InChI=1S/C13H11ClN2O2/c1-2-18-13(17)10-5-8-16-12(11(10)14)9-3-6-15-7-4-9/h3-8H,2H2,1H3. The lowest BCUT2D eigenvalue weighted by Crippen LogP contribution is -2.06. The molecule has 2 rings (SSSR count). The first-order valence-corrected chi connectivity index (χ1v) is 5.84. The molecule has 0 saturated heterocycles. The quantitative estimate of drug-likeness (QED) is 0.798. The van der Waals surface area contributed by atoms with Crippen molar-refractivity contribution in [3.05, 3.63) is 47.4 Å². The van der Waals surface area contributed by atoms with Gasteiger partial charge < -0.3 is 4.74 Å². The summed E-state index contributed by atoms with van der Waals surface area (Å²) < 4.78 is 4.94. The minimum atomic E-state index is -0.444. The largest absolute Gasteiger partial charge is 0.462 e. The molecule has 0 aromatic carbocycles. The van der Waals surface area contributed by atoms with Gasteiger partial charge >= 0.3 is 5.97 Å². The van der Waals surface area contributed by atoms with Crippen LogP contribution < -0.4 is 0 Å². The molecule has 0 unspecified atom stereocenters. The lowest BCUT2D eigenvalue weighted by atomic mass is 10.1. The second-order valence-corrected chi connectivity index (χ2v) is 3.86. The summed E-state index contributed by atoms with van der Waals surface area (Å²) in [6.07, 6.45) is 4.82. The molecule has 0 radical (unpaired) electrons. The van der Waals surface area contributed by atoms with Gasteiger partial charge in [-0.1, -0.05) is 11.6 Å². The fraction of sp³-hybridized carbons (Fsp3) is 0.154. The minimum Gasteiger partial charge on any atom is -0.462 e. The molecule has 0 aliphatic heterocycles. The molecule has 0 aliphatic rings. The Morgan fingerprint density at radius 2 is 2.00 bits per heavy atom. The van der Waals surface area contributed by atoms with E-state index in [1.807, 2.05) is 0 Å². The summed E-state index contributed by atoms with van der Waals surface area (Å²) in [4.78, 5) is 19.8. The van der Waals surface area contributed by atoms with Gasteiger partial charge in [0.25, 0.3) is 0 Å². The van der Waals surface area contributed by atoms with Gasteiger partial charge in [0.05, 0.1) is 22.9 Å². The number of hydrogen-bond acceptors (Lipinski definition) is 4. The third-order valence-corrected chi connectivity index (χ3v) is 2.72. The van der Waals surface area contributed by atoms with Crippen LogP contribution in [0.4, 0.5) is 0 Å². The summed E-state index contributed by atoms with van der Waals surface area (Å²) in [7, 11) is 0. The van der Waals surface area contributed by atoms with Gasteiger partial charge in [-0.05, 0) is 25.1 Å². The smallest absolute Gasteiger partial charge is 0.339 e. The lowest BCUT2D eigenvalue weighted by molar-refractivity contribution is 0.0526. The van der Waals surface area contributed by atoms with E-state index in [2.05, 4.69) is 9.97 Å². The molecule has 2 aromatic rings. The Kier molecular flexibility index (Phi) is 3.89. The SMILES string of the molecule is CCOC(=O)c1ccnc(-c2ccncc2)c1Cl. The van der Waals surface area contributed by atoms with E-state index in [-0.39, 0.29) is 0 Å². The maximum Gasteiger partial charge on any atom is 0.339 e. The first-order chi connectivity index (χ1) is 8.74. The maximum absolute atomic E-state index is 11.7. The van der Waals surface area contributed by atoms with E-state index in [0.717, 1.165) is 5.56 Å². The van der Waals surface area contributed by atoms with E-state index in [1.165, 1.54) is 6.20 Å². The molecule has 0 aliphatic carbocycles. The van der Waals surface area contributed by atoms with Crippen LogP contribution in [-0.4, -0.2) is 22.5 Å². The molecule has 2 heterocycles. The number of aromatic nitrogens is 2. The van der Waals surface area contributed by atoms with Crippen LogP contribution in [0.5, 0.6) is 0 Å². The van der Waals surface area contributed by atoms with Crippen molar-refractivity contribution in [2.24, 2.45) is 0 Å². The summed E-state index contributed by atoms with van der Waals surface area (Å²) in [5.74, 6) is -0.444. The summed E-state index contributed by atoms with van der Waals surface area (Å²) in [5, 5.41) is 0.294. The number of carbonyl (C=O) groups is 1. The zero-order chi connectivity index (χ0) is 13.0. The molecule has 0 atom stereocenters. The third-order valence-electron chi connectivity index (χ3n) is 2.34. The molecule has 2 aromatic heterocycles. The summed E-state index contributed by atoms with van der Waals surface area (Å²) >= 11 is 6.19. The van der Waals surface area contributed by atoms with Crippen molar-refractivity contribution in [2.45, 2.75) is 6.92 Å². The molecular formula is C13H11ClN2O2. The van der Waals surface area contributed by atoms with Crippen molar-refractivity contribution >= 4 is 17.6 Å². The highest BCUT2D eigenvalue weighted by atomic mass is 35.5. The van der Waals surface area contributed by atoms with Crippen LogP contribution in [0.15, 0.2) is 36.8 Å². The number of carbonyl (C=O) groups excluding carboxylic acids is 1. The van der Waals surface area contributed by atoms with Gasteiger partial charge in [0.15, 0.2) is 0 Å². The molecule has 0 N–H and O–H groups in total. The molecule has 92 valence electrons. The number of rotatable bonds is 3. The topological polar surface area (TPSA) is 52.1 Å². The Morgan fingerprint density at radius 3 is 2.67 bits per heavy atom. The second-order valence-electron chi connectivity index (χ2n) is 3.48. The highest BCUT2D eigenvalue weighted by Gasteiger charge is 2.16. The average Bonchev–Trinajstić information content (AvgIpc) is 2.40. The Labute approximate surface area is 110 Å². The first kappa shape index (κ1) is 12.5. The Hall–Kier alpha value is -1.94. The molecule has 0 fully saturated rings. The second kappa shape index (κ2) is 5.60. The van der Waals surface area contributed by atoms with Crippen molar-refractivity contribution in [3.63, 3.8) is 0 Å². The van der Waals surface area contributed by atoms with Gasteiger partial charge in [0, 0.05) is 24.2 Å². The fourth-order valence-corrected chi connectivity index (χ4v) is 1.82. The minimum absolute atomic E-state index is 0.294. The number of hydrogen-bond donors (Lipinski definition) is 0. The molecule has 0 spiro atoms. The zero-order valence-electron chi connectivity index (χ0n) is 9.76. The Balaban J connectivity index is 2.46. The highest BCUT2D eigenvalue weighted by Crippen LogP contribution is 2.28. The van der Waals surface area contributed by atoms with Gasteiger partial charge in [0.1, 0.15) is 0 Å². The van der Waals surface area contributed by atoms with Crippen molar-refractivity contribution in [1.29, 1.82) is 0 Å². The predicted octanol–water partition coefficient (Wildman–Crippen LogP) is 2.97. The van der Waals surface area contributed by atoms with Crippen molar-refractivity contribution in [1.82, 2.24) is 9.97 Å². The van der Waals surface area contributed by atoms with Crippen LogP contribution in [0.25, 0.3) is 11.3 Å². The van der Waals surface area contributed by atoms with Crippen LogP contribution in [-0.2, 0) is 4.74 Å². The molecular weight excluding hydrogens is 252 g/mol. The van der Waals surface area contributed by atoms with Gasteiger partial charge in [0.2, 0.25) is 0 Å². The monoisotopic (exact) mass is 262 g/mol. The normalized spacial score (nSPS) is 10.1. The van der Waals surface area contributed by atoms with E-state index in [0.29, 0.717) is 22.9 Å². The average molecular weight is 263 g/mol. The fourth-order valence-electron chi connectivity index (χ4n) is 1.52. The van der Waals surface area contributed by atoms with Crippen LogP contribution >= 0.6 is 11.6 Å². The maximum atomic E-state index is 11.7. The molecule has 0 saturated carbocycles. The summed E-state index contributed by atoms with van der Waals surface area (Å²) in [6.45, 7) is 2.05. The van der Waals surface area contributed by atoms with Gasteiger partial charge in [-0.25, -0.2) is 4.79 Å². The number of halogens is 1. The number of pyridine rings is 2. The number of ether oxygens (including phenoxy) is 1. The lowest BCUT2D eigenvalue weighted by Gasteiger charge is -2.07. The van der Waals surface area contributed by atoms with Crippen LogP contribution in [0.2, 0.25) is 5.02 Å². The van der Waals surface area contributed by atoms with E-state index < -0.39 is 5.97 Å². The van der Waals surface area contributed by atoms with Crippen LogP contribution in [0.3, 0.4) is 0 Å². The molecule has 0 amide bonds. The predicted molar refractivity (Wildman–Crippen MR) is 68.4 cm³/mol. The zero-order valence-corrected chi connectivity index (χ0v) is 10.5. The number of nitrogens with zero attached hydrogens (tertiary/aromatic N) is 2. The van der Waals surface area contributed by atoms with Crippen LogP contribution in [0, 0.1) is 0 Å². The molecule has 0 bridgehead atoms. The van der Waals surface area contributed by atoms with Crippen molar-refractivity contribution in [2.75, 3.05) is 6.61 Å². The summed E-state index contributed by atoms with van der Waals surface area (Å²) in [6, 6.07) is 5.11. The number of esters is 1. The van der Waals surface area contributed by atoms with Gasteiger partial charge in [-0.15, -0.1) is 0 Å². The van der Waals surface area contributed by atoms with E-state index >= 15 is 0 Å². The Bertz CT molecular complexity index is 558. The highest BCUT2D eigenvalue weighted by molar-refractivity contribution is 6.35. The van der Waals surface area contributed by atoms with Crippen LogP contribution in [0.1, 0.15) is 17.3 Å². The Morgan fingerprint density at radius 1 is 1.28 bits per heavy atom. The van der Waals surface area contributed by atoms with Gasteiger partial charge in [-0.3, -0.25) is 9.97 Å². The molecule has 18 heavy (non-hydrogen) atoms. The molecule has 4 nitrogen and oxygen atoms in total. The van der Waals surface area contributed by atoms with E-state index in [9.17, 15) is 4.79 Å². The van der Waals surface area contributed by atoms with Gasteiger partial charge in [-0.2, -0.15) is 0 Å². The van der Waals surface area contributed by atoms with E-state index in [1.54, 1.807) is 37.5 Å². The summed E-state index contributed by atoms with van der Waals surface area (Å²) in [5.41, 5.74) is 1.67. The van der Waals surface area contributed by atoms with E-state index in [4.69, 9.17) is 16.3 Å². The van der Waals surface area contributed by atoms with Crippen molar-refractivity contribution in [3.8, 4) is 11.3 Å². The van der Waals surface area contributed by atoms with Crippen molar-refractivity contribution < 1.29 is 9.53 Å². The first-order valence-electron chi connectivity index (χ1n) is 5.46.